The highest BCUT2D eigenvalue weighted by Gasteiger charge is 2.46. The van der Waals surface area contributed by atoms with Gasteiger partial charge in [-0.25, -0.2) is 0 Å². The Morgan fingerprint density at radius 3 is 2.20 bits per heavy atom. The molecule has 0 radical (unpaired) electrons. The first-order valence-electron chi connectivity index (χ1n) is 9.29. The van der Waals surface area contributed by atoms with Crippen molar-refractivity contribution in [2.45, 2.75) is 12.6 Å². The maximum absolute atomic E-state index is 13.0. The maximum Gasteiger partial charge on any atom is 0.295 e. The van der Waals surface area contributed by atoms with Crippen molar-refractivity contribution in [1.29, 1.82) is 0 Å². The number of likely N-dealkylation sites (tertiary alicyclic amines) is 1. The summed E-state index contributed by atoms with van der Waals surface area (Å²) in [4.78, 5) is 27.5. The number of aliphatic hydroxyl groups excluding tert-OH is 1. The quantitative estimate of drug-likeness (QED) is 0.294. The van der Waals surface area contributed by atoms with E-state index in [4.69, 9.17) is 11.6 Å². The summed E-state index contributed by atoms with van der Waals surface area (Å²) in [6.45, 7) is 0.254. The molecule has 4 nitrogen and oxygen atoms in total. The predicted molar refractivity (Wildman–Crippen MR) is 120 cm³/mol. The SMILES string of the molecule is O=C1C(=O)N(Cc2ccccc2)C(c2ccc(Br)cc2)/C1=C(\O)c1ccc(Cl)cc1. The summed E-state index contributed by atoms with van der Waals surface area (Å²) >= 11 is 9.36. The molecule has 1 fully saturated rings. The van der Waals surface area contributed by atoms with E-state index in [1.54, 1.807) is 24.3 Å². The number of hydrogen-bond donors (Lipinski definition) is 1. The van der Waals surface area contributed by atoms with Crippen molar-refractivity contribution in [3.8, 4) is 0 Å². The van der Waals surface area contributed by atoms with Crippen molar-refractivity contribution in [1.82, 2.24) is 4.90 Å². The van der Waals surface area contributed by atoms with Crippen LogP contribution in [0, 0.1) is 0 Å². The molecular formula is C24H17BrClNO3. The van der Waals surface area contributed by atoms with Crippen molar-refractivity contribution < 1.29 is 14.7 Å². The summed E-state index contributed by atoms with van der Waals surface area (Å²) in [6, 6.07) is 22.6. The molecule has 0 aromatic heterocycles. The molecule has 1 aliphatic heterocycles. The maximum atomic E-state index is 13.0. The normalized spacial score (nSPS) is 18.1. The molecule has 150 valence electrons. The van der Waals surface area contributed by atoms with Gasteiger partial charge in [-0.15, -0.1) is 0 Å². The molecular weight excluding hydrogens is 466 g/mol. The highest BCUT2D eigenvalue weighted by atomic mass is 79.9. The molecule has 0 aliphatic carbocycles. The number of aliphatic hydroxyl groups is 1. The molecule has 1 amide bonds. The molecule has 1 saturated heterocycles. The molecule has 6 heteroatoms. The van der Waals surface area contributed by atoms with Crippen molar-refractivity contribution in [3.63, 3.8) is 0 Å². The third-order valence-corrected chi connectivity index (χ3v) is 5.82. The smallest absolute Gasteiger partial charge is 0.295 e. The third-order valence-electron chi connectivity index (χ3n) is 5.04. The summed E-state index contributed by atoms with van der Waals surface area (Å²) in [6.07, 6.45) is 0. The van der Waals surface area contributed by atoms with E-state index in [1.807, 2.05) is 54.6 Å². The Hall–Kier alpha value is -2.89. The number of nitrogens with zero attached hydrogens (tertiary/aromatic N) is 1. The lowest BCUT2D eigenvalue weighted by molar-refractivity contribution is -0.140. The number of rotatable bonds is 4. The van der Waals surface area contributed by atoms with Crippen LogP contribution in [0.4, 0.5) is 0 Å². The second-order valence-electron chi connectivity index (χ2n) is 6.97. The van der Waals surface area contributed by atoms with E-state index < -0.39 is 17.7 Å². The second-order valence-corrected chi connectivity index (χ2v) is 8.32. The van der Waals surface area contributed by atoms with Crippen LogP contribution in [0.2, 0.25) is 5.02 Å². The standard InChI is InChI=1S/C24H17BrClNO3/c25-18-10-6-16(7-11-18)21-20(22(28)17-8-12-19(26)13-9-17)23(29)24(30)27(21)14-15-4-2-1-3-5-15/h1-13,21,28H,14H2/b22-20+. The lowest BCUT2D eigenvalue weighted by Crippen LogP contribution is -2.29. The minimum atomic E-state index is -0.703. The Balaban J connectivity index is 1.85. The molecule has 3 aromatic carbocycles. The third kappa shape index (κ3) is 3.91. The highest BCUT2D eigenvalue weighted by Crippen LogP contribution is 2.40. The van der Waals surface area contributed by atoms with Crippen LogP contribution in [0.25, 0.3) is 5.76 Å². The van der Waals surface area contributed by atoms with Crippen LogP contribution < -0.4 is 0 Å². The zero-order valence-electron chi connectivity index (χ0n) is 15.8. The number of hydrogen-bond acceptors (Lipinski definition) is 3. The summed E-state index contributed by atoms with van der Waals surface area (Å²) in [5.74, 6) is -1.55. The lowest BCUT2D eigenvalue weighted by atomic mass is 9.95. The van der Waals surface area contributed by atoms with Gasteiger partial charge in [-0.05, 0) is 47.5 Å². The van der Waals surface area contributed by atoms with E-state index in [0.29, 0.717) is 10.6 Å². The molecule has 1 aliphatic rings. The topological polar surface area (TPSA) is 57.6 Å². The van der Waals surface area contributed by atoms with Crippen LogP contribution in [0.3, 0.4) is 0 Å². The predicted octanol–water partition coefficient (Wildman–Crippen LogP) is 5.72. The molecule has 0 saturated carbocycles. The lowest BCUT2D eigenvalue weighted by Gasteiger charge is -2.25. The van der Waals surface area contributed by atoms with Gasteiger partial charge in [0.1, 0.15) is 5.76 Å². The van der Waals surface area contributed by atoms with Crippen LogP contribution in [0.5, 0.6) is 0 Å². The van der Waals surface area contributed by atoms with Gasteiger partial charge in [0.15, 0.2) is 0 Å². The van der Waals surface area contributed by atoms with E-state index >= 15 is 0 Å². The fourth-order valence-corrected chi connectivity index (χ4v) is 3.97. The van der Waals surface area contributed by atoms with E-state index in [1.165, 1.54) is 4.90 Å². The molecule has 1 unspecified atom stereocenters. The molecule has 30 heavy (non-hydrogen) atoms. The molecule has 1 N–H and O–H groups in total. The molecule has 4 rings (SSSR count). The minimum absolute atomic E-state index is 0.0700. The number of amides is 1. The van der Waals surface area contributed by atoms with Gasteiger partial charge in [0.25, 0.3) is 11.7 Å². The number of carbonyl (C=O) groups excluding carboxylic acids is 2. The molecule has 0 spiro atoms. The Kier molecular flexibility index (Phi) is 5.75. The molecule has 1 heterocycles. The van der Waals surface area contributed by atoms with Crippen LogP contribution in [0.15, 0.2) is 88.9 Å². The van der Waals surface area contributed by atoms with Crippen LogP contribution in [-0.4, -0.2) is 21.7 Å². The summed E-state index contributed by atoms with van der Waals surface area (Å²) in [5, 5.41) is 11.5. The fourth-order valence-electron chi connectivity index (χ4n) is 3.58. The van der Waals surface area contributed by atoms with Gasteiger partial charge in [0.2, 0.25) is 0 Å². The van der Waals surface area contributed by atoms with Crippen LogP contribution in [0.1, 0.15) is 22.7 Å². The fraction of sp³-hybridized carbons (Fsp3) is 0.0833. The Morgan fingerprint density at radius 2 is 1.57 bits per heavy atom. The van der Waals surface area contributed by atoms with Crippen molar-refractivity contribution >= 4 is 45.0 Å². The first-order valence-corrected chi connectivity index (χ1v) is 10.5. The van der Waals surface area contributed by atoms with E-state index in [-0.39, 0.29) is 17.9 Å². The number of carbonyl (C=O) groups is 2. The van der Waals surface area contributed by atoms with Gasteiger partial charge in [-0.3, -0.25) is 9.59 Å². The van der Waals surface area contributed by atoms with Gasteiger partial charge in [-0.2, -0.15) is 0 Å². The number of halogens is 2. The monoisotopic (exact) mass is 481 g/mol. The summed E-state index contributed by atoms with van der Waals surface area (Å²) in [5.41, 5.74) is 2.14. The largest absolute Gasteiger partial charge is 0.507 e. The zero-order chi connectivity index (χ0) is 21.3. The van der Waals surface area contributed by atoms with Crippen molar-refractivity contribution in [3.05, 3.63) is 111 Å². The van der Waals surface area contributed by atoms with Crippen LogP contribution >= 0.6 is 27.5 Å². The molecule has 3 aromatic rings. The highest BCUT2D eigenvalue weighted by molar-refractivity contribution is 9.10. The molecule has 0 bridgehead atoms. The van der Waals surface area contributed by atoms with Gasteiger partial charge < -0.3 is 10.0 Å². The number of benzene rings is 3. The Bertz CT molecular complexity index is 1130. The van der Waals surface area contributed by atoms with Gasteiger partial charge in [0, 0.05) is 21.6 Å². The van der Waals surface area contributed by atoms with Crippen molar-refractivity contribution in [2.75, 3.05) is 0 Å². The number of Topliss-reactive ketones (excluding diaryl/α,β-unsaturated/α-hetero) is 1. The Morgan fingerprint density at radius 1 is 0.933 bits per heavy atom. The second kappa shape index (κ2) is 8.46. The van der Waals surface area contributed by atoms with E-state index in [0.717, 1.165) is 15.6 Å². The average molecular weight is 483 g/mol. The zero-order valence-corrected chi connectivity index (χ0v) is 18.1. The number of ketones is 1. The first-order chi connectivity index (χ1) is 14.5. The average Bonchev–Trinajstić information content (AvgIpc) is 3.00. The molecule has 1 atom stereocenters. The van der Waals surface area contributed by atoms with Crippen molar-refractivity contribution in [2.24, 2.45) is 0 Å². The van der Waals surface area contributed by atoms with E-state index in [9.17, 15) is 14.7 Å². The summed E-state index contributed by atoms with van der Waals surface area (Å²) < 4.78 is 0.879. The van der Waals surface area contributed by atoms with Gasteiger partial charge in [-0.1, -0.05) is 70.0 Å². The van der Waals surface area contributed by atoms with Gasteiger partial charge >= 0.3 is 0 Å². The first kappa shape index (κ1) is 20.4. The van der Waals surface area contributed by atoms with Crippen LogP contribution in [-0.2, 0) is 16.1 Å². The van der Waals surface area contributed by atoms with E-state index in [2.05, 4.69) is 15.9 Å². The minimum Gasteiger partial charge on any atom is -0.507 e. The summed E-state index contributed by atoms with van der Waals surface area (Å²) in [7, 11) is 0. The Labute approximate surface area is 187 Å². The van der Waals surface area contributed by atoms with Gasteiger partial charge in [0.05, 0.1) is 11.6 Å².